The smallest absolute Gasteiger partial charge is 0.146 e. The van der Waals surface area contributed by atoms with Crippen LogP contribution in [0, 0.1) is 5.82 Å². The van der Waals surface area contributed by atoms with Crippen LogP contribution in [0.25, 0.3) is 0 Å². The Balaban J connectivity index is 2.09. The molecular formula is C15H16FNO. The number of benzene rings is 2. The molecule has 0 bridgehead atoms. The average molecular weight is 245 g/mol. The highest BCUT2D eigenvalue weighted by Gasteiger charge is 2.03. The lowest BCUT2D eigenvalue weighted by Crippen LogP contribution is -2.00. The third-order valence-electron chi connectivity index (χ3n) is 2.86. The van der Waals surface area contributed by atoms with Crippen LogP contribution in [-0.4, -0.2) is 0 Å². The number of hydrogen-bond acceptors (Lipinski definition) is 2. The maximum atomic E-state index is 13.0. The molecule has 94 valence electrons. The SMILES string of the molecule is CCc1ccccc1COc1ccc(F)c(N)c1. The Morgan fingerprint density at radius 3 is 2.50 bits per heavy atom. The summed E-state index contributed by atoms with van der Waals surface area (Å²) in [7, 11) is 0. The molecule has 0 atom stereocenters. The van der Waals surface area contributed by atoms with Crippen molar-refractivity contribution in [3.05, 3.63) is 59.4 Å². The first-order chi connectivity index (χ1) is 8.70. The highest BCUT2D eigenvalue weighted by Crippen LogP contribution is 2.20. The number of hydrogen-bond donors (Lipinski definition) is 1. The summed E-state index contributed by atoms with van der Waals surface area (Å²) >= 11 is 0. The van der Waals surface area contributed by atoms with Crippen LogP contribution >= 0.6 is 0 Å². The summed E-state index contributed by atoms with van der Waals surface area (Å²) in [6.45, 7) is 2.57. The van der Waals surface area contributed by atoms with Gasteiger partial charge in [0.1, 0.15) is 18.2 Å². The van der Waals surface area contributed by atoms with Gasteiger partial charge in [-0.3, -0.25) is 0 Å². The van der Waals surface area contributed by atoms with E-state index in [0.29, 0.717) is 12.4 Å². The third-order valence-corrected chi connectivity index (χ3v) is 2.86. The molecular weight excluding hydrogens is 229 g/mol. The minimum absolute atomic E-state index is 0.108. The lowest BCUT2D eigenvalue weighted by atomic mass is 10.1. The van der Waals surface area contributed by atoms with Gasteiger partial charge in [0.2, 0.25) is 0 Å². The van der Waals surface area contributed by atoms with Gasteiger partial charge in [-0.25, -0.2) is 4.39 Å². The van der Waals surface area contributed by atoms with Crippen LogP contribution in [0.4, 0.5) is 10.1 Å². The molecule has 0 aliphatic heterocycles. The lowest BCUT2D eigenvalue weighted by molar-refractivity contribution is 0.305. The monoisotopic (exact) mass is 245 g/mol. The van der Waals surface area contributed by atoms with Crippen LogP contribution in [0.3, 0.4) is 0 Å². The molecule has 0 unspecified atom stereocenters. The van der Waals surface area contributed by atoms with Gasteiger partial charge in [-0.05, 0) is 29.7 Å². The van der Waals surface area contributed by atoms with E-state index >= 15 is 0 Å². The van der Waals surface area contributed by atoms with Crippen molar-refractivity contribution in [1.29, 1.82) is 0 Å². The molecule has 2 aromatic carbocycles. The van der Waals surface area contributed by atoms with Gasteiger partial charge in [-0.2, -0.15) is 0 Å². The van der Waals surface area contributed by atoms with Crippen molar-refractivity contribution in [3.63, 3.8) is 0 Å². The average Bonchev–Trinajstić information content (AvgIpc) is 2.40. The summed E-state index contributed by atoms with van der Waals surface area (Å²) in [6.07, 6.45) is 0.963. The number of anilines is 1. The summed E-state index contributed by atoms with van der Waals surface area (Å²) in [5.74, 6) is 0.163. The van der Waals surface area contributed by atoms with Crippen molar-refractivity contribution < 1.29 is 9.13 Å². The fourth-order valence-electron chi connectivity index (χ4n) is 1.82. The maximum Gasteiger partial charge on any atom is 0.146 e. The van der Waals surface area contributed by atoms with Crippen LogP contribution in [0.15, 0.2) is 42.5 Å². The number of rotatable bonds is 4. The maximum absolute atomic E-state index is 13.0. The number of nitrogens with two attached hydrogens (primary N) is 1. The van der Waals surface area contributed by atoms with Gasteiger partial charge < -0.3 is 10.5 Å². The van der Waals surface area contributed by atoms with Crippen LogP contribution < -0.4 is 10.5 Å². The quantitative estimate of drug-likeness (QED) is 0.836. The Hall–Kier alpha value is -2.03. The van der Waals surface area contributed by atoms with Gasteiger partial charge in [-0.15, -0.1) is 0 Å². The van der Waals surface area contributed by atoms with Crippen LogP contribution in [0.5, 0.6) is 5.75 Å². The molecule has 2 aromatic rings. The topological polar surface area (TPSA) is 35.2 Å². The van der Waals surface area contributed by atoms with Crippen molar-refractivity contribution in [2.45, 2.75) is 20.0 Å². The van der Waals surface area contributed by atoms with Crippen molar-refractivity contribution in [2.75, 3.05) is 5.73 Å². The molecule has 2 nitrogen and oxygen atoms in total. The number of aryl methyl sites for hydroxylation is 1. The largest absolute Gasteiger partial charge is 0.489 e. The first-order valence-corrected chi connectivity index (χ1v) is 5.95. The Labute approximate surface area is 106 Å². The van der Waals surface area contributed by atoms with Crippen molar-refractivity contribution in [3.8, 4) is 5.75 Å². The second-order valence-electron chi connectivity index (χ2n) is 4.09. The van der Waals surface area contributed by atoms with Gasteiger partial charge in [0.15, 0.2) is 0 Å². The molecule has 0 aromatic heterocycles. The van der Waals surface area contributed by atoms with Gasteiger partial charge in [0.05, 0.1) is 5.69 Å². The van der Waals surface area contributed by atoms with Crippen LogP contribution in [-0.2, 0) is 13.0 Å². The zero-order chi connectivity index (χ0) is 13.0. The van der Waals surface area contributed by atoms with Crippen LogP contribution in [0.2, 0.25) is 0 Å². The molecule has 0 heterocycles. The molecule has 0 radical (unpaired) electrons. The Morgan fingerprint density at radius 1 is 1.11 bits per heavy atom. The first kappa shape index (κ1) is 12.4. The van der Waals surface area contributed by atoms with E-state index < -0.39 is 5.82 Å². The fraction of sp³-hybridized carbons (Fsp3) is 0.200. The molecule has 0 aliphatic rings. The van der Waals surface area contributed by atoms with Gasteiger partial charge in [0.25, 0.3) is 0 Å². The minimum atomic E-state index is -0.420. The number of ether oxygens (including phenoxy) is 1. The van der Waals surface area contributed by atoms with E-state index in [1.807, 2.05) is 18.2 Å². The van der Waals surface area contributed by atoms with Crippen molar-refractivity contribution in [1.82, 2.24) is 0 Å². The molecule has 0 aliphatic carbocycles. The molecule has 2 rings (SSSR count). The van der Waals surface area contributed by atoms with E-state index in [9.17, 15) is 4.39 Å². The van der Waals surface area contributed by atoms with E-state index in [1.54, 1.807) is 6.07 Å². The summed E-state index contributed by atoms with van der Waals surface area (Å²) in [4.78, 5) is 0. The molecule has 2 N–H and O–H groups in total. The summed E-state index contributed by atoms with van der Waals surface area (Å²) in [5.41, 5.74) is 8.00. The molecule has 0 fully saturated rings. The van der Waals surface area contributed by atoms with E-state index in [2.05, 4.69) is 13.0 Å². The van der Waals surface area contributed by atoms with E-state index in [4.69, 9.17) is 10.5 Å². The Morgan fingerprint density at radius 2 is 1.83 bits per heavy atom. The van der Waals surface area contributed by atoms with Gasteiger partial charge in [0, 0.05) is 6.07 Å². The van der Waals surface area contributed by atoms with E-state index in [0.717, 1.165) is 12.0 Å². The van der Waals surface area contributed by atoms with E-state index in [-0.39, 0.29) is 5.69 Å². The predicted molar refractivity (Wildman–Crippen MR) is 71.0 cm³/mol. The number of halogens is 1. The van der Waals surface area contributed by atoms with E-state index in [1.165, 1.54) is 17.7 Å². The molecule has 0 saturated carbocycles. The Kier molecular flexibility index (Phi) is 3.82. The number of nitrogen functional groups attached to an aromatic ring is 1. The van der Waals surface area contributed by atoms with Crippen LogP contribution in [0.1, 0.15) is 18.1 Å². The molecule has 3 heteroatoms. The molecule has 0 amide bonds. The standard InChI is InChI=1S/C15H16FNO/c1-2-11-5-3-4-6-12(11)10-18-13-7-8-14(16)15(17)9-13/h3-9H,2,10,17H2,1H3. The highest BCUT2D eigenvalue weighted by atomic mass is 19.1. The molecule has 0 spiro atoms. The third kappa shape index (κ3) is 2.80. The fourth-order valence-corrected chi connectivity index (χ4v) is 1.82. The summed E-state index contributed by atoms with van der Waals surface area (Å²) in [6, 6.07) is 12.5. The normalized spacial score (nSPS) is 10.3. The van der Waals surface area contributed by atoms with Crippen molar-refractivity contribution in [2.24, 2.45) is 0 Å². The second-order valence-corrected chi connectivity index (χ2v) is 4.09. The predicted octanol–water partition coefficient (Wildman–Crippen LogP) is 3.55. The highest BCUT2D eigenvalue weighted by molar-refractivity contribution is 5.45. The molecule has 18 heavy (non-hydrogen) atoms. The summed E-state index contributed by atoms with van der Waals surface area (Å²) < 4.78 is 18.6. The minimum Gasteiger partial charge on any atom is -0.489 e. The van der Waals surface area contributed by atoms with Gasteiger partial charge >= 0.3 is 0 Å². The lowest BCUT2D eigenvalue weighted by Gasteiger charge is -2.10. The van der Waals surface area contributed by atoms with Gasteiger partial charge in [-0.1, -0.05) is 31.2 Å². The zero-order valence-electron chi connectivity index (χ0n) is 10.3. The molecule has 0 saturated heterocycles. The second kappa shape index (κ2) is 5.54. The van der Waals surface area contributed by atoms with Crippen molar-refractivity contribution >= 4 is 5.69 Å². The Bertz CT molecular complexity index is 540. The first-order valence-electron chi connectivity index (χ1n) is 5.95. The summed E-state index contributed by atoms with van der Waals surface area (Å²) in [5, 5.41) is 0. The zero-order valence-corrected chi connectivity index (χ0v) is 10.3.